The van der Waals surface area contributed by atoms with E-state index in [0.29, 0.717) is 32.8 Å². The van der Waals surface area contributed by atoms with Gasteiger partial charge in [-0.2, -0.15) is 5.10 Å². The Morgan fingerprint density at radius 1 is 1.03 bits per heavy atom. The van der Waals surface area contributed by atoms with Gasteiger partial charge in [0.2, 0.25) is 0 Å². The van der Waals surface area contributed by atoms with Crippen molar-refractivity contribution >= 4 is 52.8 Å². The van der Waals surface area contributed by atoms with Crippen LogP contribution in [0.1, 0.15) is 11.3 Å². The minimum Gasteiger partial charge on any atom is -0.484 e. The SMILES string of the molecule is O=C(COc1cccc(/C=N\NC(=O)C(=O)NCc2ccco2)c1)Nc1ccc(Cl)cc1Cl. The van der Waals surface area contributed by atoms with Gasteiger partial charge in [0.05, 0.1) is 29.7 Å². The van der Waals surface area contributed by atoms with Crippen molar-refractivity contribution in [3.63, 3.8) is 0 Å². The maximum atomic E-state index is 12.1. The Bertz CT molecular complexity index is 1170. The molecule has 0 radical (unpaired) electrons. The van der Waals surface area contributed by atoms with Gasteiger partial charge in [0, 0.05) is 5.02 Å². The second kappa shape index (κ2) is 11.7. The molecule has 0 saturated heterocycles. The minimum atomic E-state index is -0.928. The molecule has 3 aromatic rings. The summed E-state index contributed by atoms with van der Waals surface area (Å²) in [6.45, 7) is -0.174. The third kappa shape index (κ3) is 7.67. The van der Waals surface area contributed by atoms with Gasteiger partial charge in [0.15, 0.2) is 6.61 Å². The molecule has 9 nitrogen and oxygen atoms in total. The van der Waals surface area contributed by atoms with Crippen LogP contribution in [0.4, 0.5) is 5.69 Å². The Kier molecular flexibility index (Phi) is 8.45. The van der Waals surface area contributed by atoms with Crippen LogP contribution in [-0.2, 0) is 20.9 Å². The number of carbonyl (C=O) groups excluding carboxylic acids is 3. The van der Waals surface area contributed by atoms with Crippen molar-refractivity contribution in [1.82, 2.24) is 10.7 Å². The van der Waals surface area contributed by atoms with Crippen molar-refractivity contribution in [2.24, 2.45) is 5.10 Å². The van der Waals surface area contributed by atoms with Crippen LogP contribution in [0.25, 0.3) is 0 Å². The Morgan fingerprint density at radius 2 is 1.88 bits per heavy atom. The lowest BCUT2D eigenvalue weighted by molar-refractivity contribution is -0.139. The number of amides is 3. The normalized spacial score (nSPS) is 10.6. The van der Waals surface area contributed by atoms with Gasteiger partial charge >= 0.3 is 11.8 Å². The van der Waals surface area contributed by atoms with Crippen molar-refractivity contribution in [3.05, 3.63) is 82.2 Å². The molecule has 3 amide bonds. The third-order valence-corrected chi connectivity index (χ3v) is 4.57. The van der Waals surface area contributed by atoms with Crippen molar-refractivity contribution in [1.29, 1.82) is 0 Å². The van der Waals surface area contributed by atoms with Crippen molar-refractivity contribution < 1.29 is 23.5 Å². The zero-order valence-corrected chi connectivity index (χ0v) is 18.5. The molecule has 0 saturated carbocycles. The molecule has 2 aromatic carbocycles. The highest BCUT2D eigenvalue weighted by molar-refractivity contribution is 6.36. The summed E-state index contributed by atoms with van der Waals surface area (Å²) in [6.07, 6.45) is 2.80. The van der Waals surface area contributed by atoms with Gasteiger partial charge in [0.25, 0.3) is 5.91 Å². The van der Waals surface area contributed by atoms with Gasteiger partial charge in [0.1, 0.15) is 11.5 Å². The van der Waals surface area contributed by atoms with Crippen LogP contribution >= 0.6 is 23.2 Å². The highest BCUT2D eigenvalue weighted by Crippen LogP contribution is 2.25. The molecule has 3 rings (SSSR count). The highest BCUT2D eigenvalue weighted by Gasteiger charge is 2.12. The summed E-state index contributed by atoms with van der Waals surface area (Å²) in [5.74, 6) is -1.28. The van der Waals surface area contributed by atoms with Gasteiger partial charge < -0.3 is 19.8 Å². The van der Waals surface area contributed by atoms with E-state index >= 15 is 0 Å². The average molecular weight is 489 g/mol. The molecule has 11 heteroatoms. The summed E-state index contributed by atoms with van der Waals surface area (Å²) >= 11 is 11.9. The maximum Gasteiger partial charge on any atom is 0.329 e. The van der Waals surface area contributed by atoms with Crippen molar-refractivity contribution in [2.45, 2.75) is 6.54 Å². The lowest BCUT2D eigenvalue weighted by Crippen LogP contribution is -2.37. The smallest absolute Gasteiger partial charge is 0.329 e. The number of furan rings is 1. The summed E-state index contributed by atoms with van der Waals surface area (Å²) in [6, 6.07) is 14.7. The van der Waals surface area contributed by atoms with Gasteiger partial charge in [-0.3, -0.25) is 14.4 Å². The van der Waals surface area contributed by atoms with Crippen LogP contribution < -0.4 is 20.8 Å². The lowest BCUT2D eigenvalue weighted by atomic mass is 10.2. The van der Waals surface area contributed by atoms with Gasteiger partial charge in [-0.05, 0) is 48.0 Å². The van der Waals surface area contributed by atoms with Crippen LogP contribution in [0.5, 0.6) is 5.75 Å². The number of hydrogen-bond donors (Lipinski definition) is 3. The fourth-order valence-corrected chi connectivity index (χ4v) is 2.94. The number of carbonyl (C=O) groups is 3. The first-order chi connectivity index (χ1) is 15.9. The van der Waals surface area contributed by atoms with E-state index in [1.165, 1.54) is 18.5 Å². The van der Waals surface area contributed by atoms with Crippen molar-refractivity contribution in [2.75, 3.05) is 11.9 Å². The Labute approximate surface area is 198 Å². The third-order valence-electron chi connectivity index (χ3n) is 4.02. The highest BCUT2D eigenvalue weighted by atomic mass is 35.5. The Morgan fingerprint density at radius 3 is 2.64 bits per heavy atom. The monoisotopic (exact) mass is 488 g/mol. The quantitative estimate of drug-likeness (QED) is 0.255. The molecule has 0 unspecified atom stereocenters. The van der Waals surface area contributed by atoms with E-state index in [2.05, 4.69) is 21.2 Å². The summed E-state index contributed by atoms with van der Waals surface area (Å²) in [7, 11) is 0. The van der Waals surface area contributed by atoms with E-state index < -0.39 is 17.7 Å². The Hall–Kier alpha value is -3.82. The number of nitrogens with one attached hydrogen (secondary N) is 3. The molecule has 1 heterocycles. The molecule has 0 aliphatic heterocycles. The van der Waals surface area contributed by atoms with E-state index in [1.54, 1.807) is 48.5 Å². The lowest BCUT2D eigenvalue weighted by Gasteiger charge is -2.09. The van der Waals surface area contributed by atoms with Crippen LogP contribution in [-0.4, -0.2) is 30.5 Å². The number of hydrazone groups is 1. The van der Waals surface area contributed by atoms with E-state index in [-0.39, 0.29) is 13.2 Å². The molecule has 0 aliphatic rings. The van der Waals surface area contributed by atoms with E-state index in [0.717, 1.165) is 0 Å². The molecule has 0 atom stereocenters. The van der Waals surface area contributed by atoms with Gasteiger partial charge in [-0.15, -0.1) is 0 Å². The number of rotatable bonds is 8. The fourth-order valence-electron chi connectivity index (χ4n) is 2.49. The fraction of sp³-hybridized carbons (Fsp3) is 0.0909. The van der Waals surface area contributed by atoms with Crippen LogP contribution in [0, 0.1) is 0 Å². The summed E-state index contributed by atoms with van der Waals surface area (Å²) in [4.78, 5) is 35.6. The first-order valence-electron chi connectivity index (χ1n) is 9.52. The topological polar surface area (TPSA) is 122 Å². The zero-order valence-electron chi connectivity index (χ0n) is 17.0. The molecule has 0 spiro atoms. The number of benzene rings is 2. The number of nitrogens with zero attached hydrogens (tertiary/aromatic N) is 1. The maximum absolute atomic E-state index is 12.1. The van der Waals surface area contributed by atoms with Crippen LogP contribution in [0.2, 0.25) is 10.0 Å². The molecular weight excluding hydrogens is 471 g/mol. The predicted molar refractivity (Wildman–Crippen MR) is 123 cm³/mol. The molecule has 33 heavy (non-hydrogen) atoms. The molecule has 170 valence electrons. The van der Waals surface area contributed by atoms with E-state index in [9.17, 15) is 14.4 Å². The molecule has 0 aliphatic carbocycles. The summed E-state index contributed by atoms with van der Waals surface area (Å²) in [5, 5.41) is 9.54. The number of hydrogen-bond acceptors (Lipinski definition) is 6. The molecule has 0 fully saturated rings. The largest absolute Gasteiger partial charge is 0.484 e. The van der Waals surface area contributed by atoms with Crippen LogP contribution in [0.3, 0.4) is 0 Å². The first-order valence-corrected chi connectivity index (χ1v) is 10.3. The summed E-state index contributed by atoms with van der Waals surface area (Å²) in [5.41, 5.74) is 3.12. The second-order valence-electron chi connectivity index (χ2n) is 6.49. The Balaban J connectivity index is 1.45. The second-order valence-corrected chi connectivity index (χ2v) is 7.34. The van der Waals surface area contributed by atoms with Gasteiger partial charge in [-0.1, -0.05) is 35.3 Å². The zero-order chi connectivity index (χ0) is 23.6. The number of halogens is 2. The average Bonchev–Trinajstić information content (AvgIpc) is 3.32. The minimum absolute atomic E-state index is 0.0835. The first kappa shape index (κ1) is 23.8. The molecular formula is C22H18Cl2N4O5. The molecule has 3 N–H and O–H groups in total. The summed E-state index contributed by atoms with van der Waals surface area (Å²) < 4.78 is 10.5. The standard InChI is InChI=1S/C22H18Cl2N4O5/c23-15-6-7-19(18(24)10-15)27-20(29)13-33-16-4-1-3-14(9-16)11-26-28-22(31)21(30)25-12-17-5-2-8-32-17/h1-11H,12-13H2,(H,25,30)(H,27,29)(H,28,31)/b26-11-. The van der Waals surface area contributed by atoms with E-state index in [1.807, 2.05) is 0 Å². The number of anilines is 1. The van der Waals surface area contributed by atoms with Gasteiger partial charge in [-0.25, -0.2) is 5.43 Å². The predicted octanol–water partition coefficient (Wildman–Crippen LogP) is 3.37. The molecule has 1 aromatic heterocycles. The van der Waals surface area contributed by atoms with Crippen LogP contribution in [0.15, 0.2) is 70.4 Å². The number of ether oxygens (including phenoxy) is 1. The van der Waals surface area contributed by atoms with E-state index in [4.69, 9.17) is 32.4 Å². The van der Waals surface area contributed by atoms with Crippen molar-refractivity contribution in [3.8, 4) is 5.75 Å². The molecule has 0 bridgehead atoms.